The Morgan fingerprint density at radius 2 is 2.10 bits per heavy atom. The quantitative estimate of drug-likeness (QED) is 0.456. The van der Waals surface area contributed by atoms with Crippen molar-refractivity contribution in [3.05, 3.63) is 59.3 Å². The molecule has 4 rings (SSSR count). The summed E-state index contributed by atoms with van der Waals surface area (Å²) in [5.41, 5.74) is 2.40. The minimum Gasteiger partial charge on any atom is -0.465 e. The minimum atomic E-state index is -0.414. The maximum absolute atomic E-state index is 13.2. The molecule has 1 aliphatic rings. The number of ether oxygens (including phenoxy) is 1. The number of benzene rings is 1. The van der Waals surface area contributed by atoms with E-state index >= 15 is 0 Å². The number of rotatable bonds is 6. The maximum Gasteiger partial charge on any atom is 0.340 e. The van der Waals surface area contributed by atoms with Gasteiger partial charge in [-0.05, 0) is 31.7 Å². The molecule has 6 nitrogen and oxygen atoms in total. The lowest BCUT2D eigenvalue weighted by atomic mass is 10.0. The standard InChI is InChI=1S/C22H23N3O3S/c1-3-12-25(22-23-17-9-5-7-11-19(17)29-22)20(26)14-24-13-16(21(27)28-2)15-8-4-6-10-18(15)24/h3-4,6,8,10,13H,1,5,7,9,11-12,14H2,2H3. The first-order chi connectivity index (χ1) is 14.1. The van der Waals surface area contributed by atoms with Crippen LogP contribution in [0.15, 0.2) is 43.1 Å². The Hall–Kier alpha value is -2.93. The fourth-order valence-electron chi connectivity index (χ4n) is 3.75. The summed E-state index contributed by atoms with van der Waals surface area (Å²) in [6.45, 7) is 4.30. The molecule has 29 heavy (non-hydrogen) atoms. The first-order valence-electron chi connectivity index (χ1n) is 9.68. The molecule has 0 N–H and O–H groups in total. The number of thiazole rings is 1. The normalized spacial score (nSPS) is 13.1. The molecule has 0 fully saturated rings. The van der Waals surface area contributed by atoms with E-state index < -0.39 is 5.97 Å². The second kappa shape index (κ2) is 8.21. The predicted octanol–water partition coefficient (Wildman–Crippen LogP) is 3.98. The number of para-hydroxylation sites is 1. The molecule has 7 heteroatoms. The summed E-state index contributed by atoms with van der Waals surface area (Å²) >= 11 is 1.60. The summed E-state index contributed by atoms with van der Waals surface area (Å²) in [6, 6.07) is 7.51. The number of hydrogen-bond donors (Lipinski definition) is 0. The van der Waals surface area contributed by atoms with E-state index in [4.69, 9.17) is 9.72 Å². The van der Waals surface area contributed by atoms with Crippen molar-refractivity contribution in [3.8, 4) is 0 Å². The third-order valence-corrected chi connectivity index (χ3v) is 6.36. The third-order valence-electron chi connectivity index (χ3n) is 5.18. The summed E-state index contributed by atoms with van der Waals surface area (Å²) in [4.78, 5) is 33.1. The smallest absolute Gasteiger partial charge is 0.340 e. The Balaban J connectivity index is 1.65. The average Bonchev–Trinajstić information content (AvgIpc) is 3.33. The van der Waals surface area contributed by atoms with Crippen LogP contribution in [0.2, 0.25) is 0 Å². The van der Waals surface area contributed by atoms with Crippen molar-refractivity contribution in [2.75, 3.05) is 18.6 Å². The molecule has 0 aliphatic heterocycles. The zero-order valence-electron chi connectivity index (χ0n) is 16.4. The molecule has 0 saturated heterocycles. The van der Waals surface area contributed by atoms with Crippen molar-refractivity contribution < 1.29 is 14.3 Å². The molecule has 0 bridgehead atoms. The van der Waals surface area contributed by atoms with E-state index in [1.54, 1.807) is 33.1 Å². The summed E-state index contributed by atoms with van der Waals surface area (Å²) in [5.74, 6) is -0.504. The highest BCUT2D eigenvalue weighted by molar-refractivity contribution is 7.16. The van der Waals surface area contributed by atoms with Crippen LogP contribution in [-0.4, -0.2) is 35.1 Å². The van der Waals surface area contributed by atoms with Gasteiger partial charge < -0.3 is 9.30 Å². The van der Waals surface area contributed by atoms with Crippen LogP contribution in [0.3, 0.4) is 0 Å². The first kappa shape index (κ1) is 19.4. The van der Waals surface area contributed by atoms with Gasteiger partial charge in [-0.3, -0.25) is 9.69 Å². The van der Waals surface area contributed by atoms with Crippen LogP contribution in [0.4, 0.5) is 5.13 Å². The molecule has 0 saturated carbocycles. The molecular formula is C22H23N3O3S. The summed E-state index contributed by atoms with van der Waals surface area (Å²) in [7, 11) is 1.36. The average molecular weight is 410 g/mol. The lowest BCUT2D eigenvalue weighted by molar-refractivity contribution is -0.119. The van der Waals surface area contributed by atoms with Gasteiger partial charge in [-0.1, -0.05) is 24.3 Å². The third kappa shape index (κ3) is 3.70. The van der Waals surface area contributed by atoms with Gasteiger partial charge in [0.2, 0.25) is 5.91 Å². The highest BCUT2D eigenvalue weighted by Gasteiger charge is 2.24. The van der Waals surface area contributed by atoms with Gasteiger partial charge in [-0.2, -0.15) is 0 Å². The van der Waals surface area contributed by atoms with Gasteiger partial charge in [-0.15, -0.1) is 17.9 Å². The predicted molar refractivity (Wildman–Crippen MR) is 115 cm³/mol. The van der Waals surface area contributed by atoms with Crippen molar-refractivity contribution in [2.45, 2.75) is 32.2 Å². The molecular weight excluding hydrogens is 386 g/mol. The zero-order chi connectivity index (χ0) is 20.4. The van der Waals surface area contributed by atoms with Gasteiger partial charge in [0.25, 0.3) is 0 Å². The largest absolute Gasteiger partial charge is 0.465 e. The number of methoxy groups -OCH3 is 1. The number of anilines is 1. The SMILES string of the molecule is C=CCN(C(=O)Cn1cc(C(=O)OC)c2ccccc21)c1nc2c(s1)CCCC2. The fourth-order valence-corrected chi connectivity index (χ4v) is 4.93. The zero-order valence-corrected chi connectivity index (χ0v) is 17.2. The van der Waals surface area contributed by atoms with Crippen molar-refractivity contribution in [1.82, 2.24) is 9.55 Å². The van der Waals surface area contributed by atoms with Crippen molar-refractivity contribution in [1.29, 1.82) is 0 Å². The van der Waals surface area contributed by atoms with Crippen LogP contribution in [-0.2, 0) is 28.9 Å². The molecule has 1 amide bonds. The van der Waals surface area contributed by atoms with Crippen LogP contribution >= 0.6 is 11.3 Å². The van der Waals surface area contributed by atoms with Gasteiger partial charge in [0.05, 0.1) is 18.4 Å². The molecule has 0 atom stereocenters. The number of amides is 1. The number of hydrogen-bond acceptors (Lipinski definition) is 5. The van der Waals surface area contributed by atoms with Crippen LogP contribution in [0.1, 0.15) is 33.8 Å². The Labute approximate surface area is 173 Å². The van der Waals surface area contributed by atoms with Gasteiger partial charge >= 0.3 is 5.97 Å². The molecule has 2 aromatic heterocycles. The Morgan fingerprint density at radius 3 is 2.86 bits per heavy atom. The second-order valence-electron chi connectivity index (χ2n) is 7.05. The summed E-state index contributed by atoms with van der Waals surface area (Å²) < 4.78 is 6.69. The monoisotopic (exact) mass is 409 g/mol. The molecule has 150 valence electrons. The Bertz CT molecular complexity index is 1060. The molecule has 0 unspecified atom stereocenters. The molecule has 2 heterocycles. The van der Waals surface area contributed by atoms with Crippen LogP contribution in [0.5, 0.6) is 0 Å². The highest BCUT2D eigenvalue weighted by atomic mass is 32.1. The van der Waals surface area contributed by atoms with Gasteiger partial charge in [0, 0.05) is 28.5 Å². The number of nitrogens with zero attached hydrogens (tertiary/aromatic N) is 3. The van der Waals surface area contributed by atoms with Crippen LogP contribution in [0, 0.1) is 0 Å². The topological polar surface area (TPSA) is 64.4 Å². The lowest BCUT2D eigenvalue weighted by Crippen LogP contribution is -2.33. The molecule has 1 aliphatic carbocycles. The first-order valence-corrected chi connectivity index (χ1v) is 10.5. The summed E-state index contributed by atoms with van der Waals surface area (Å²) in [5, 5.41) is 1.50. The number of carbonyl (C=O) groups is 2. The van der Waals surface area contributed by atoms with Crippen molar-refractivity contribution in [2.24, 2.45) is 0 Å². The molecule has 0 spiro atoms. The van der Waals surface area contributed by atoms with Gasteiger partial charge in [0.15, 0.2) is 5.13 Å². The molecule has 1 aromatic carbocycles. The highest BCUT2D eigenvalue weighted by Crippen LogP contribution is 2.32. The van der Waals surface area contributed by atoms with E-state index in [2.05, 4.69) is 6.58 Å². The number of carbonyl (C=O) groups excluding carboxylic acids is 2. The van der Waals surface area contributed by atoms with Crippen LogP contribution in [0.25, 0.3) is 10.9 Å². The molecule has 0 radical (unpaired) electrons. The van der Waals surface area contributed by atoms with E-state index in [0.717, 1.165) is 41.0 Å². The number of esters is 1. The minimum absolute atomic E-state index is 0.0897. The van der Waals surface area contributed by atoms with E-state index in [1.807, 2.05) is 24.3 Å². The number of aromatic nitrogens is 2. The molecule has 3 aromatic rings. The van der Waals surface area contributed by atoms with E-state index in [1.165, 1.54) is 18.4 Å². The van der Waals surface area contributed by atoms with Crippen LogP contribution < -0.4 is 4.90 Å². The van der Waals surface area contributed by atoms with Crippen molar-refractivity contribution >= 4 is 39.2 Å². The second-order valence-corrected chi connectivity index (χ2v) is 8.11. The fraction of sp³-hybridized carbons (Fsp3) is 0.318. The maximum atomic E-state index is 13.2. The number of fused-ring (bicyclic) bond motifs is 2. The Morgan fingerprint density at radius 1 is 1.31 bits per heavy atom. The summed E-state index contributed by atoms with van der Waals surface area (Å²) in [6.07, 6.45) is 7.74. The van der Waals surface area contributed by atoms with Gasteiger partial charge in [0.1, 0.15) is 6.54 Å². The van der Waals surface area contributed by atoms with Gasteiger partial charge in [-0.25, -0.2) is 9.78 Å². The van der Waals surface area contributed by atoms with E-state index in [-0.39, 0.29) is 12.5 Å². The van der Waals surface area contributed by atoms with E-state index in [0.29, 0.717) is 12.1 Å². The van der Waals surface area contributed by atoms with E-state index in [9.17, 15) is 9.59 Å². The Kier molecular flexibility index (Phi) is 5.49. The van der Waals surface area contributed by atoms with Crippen molar-refractivity contribution in [3.63, 3.8) is 0 Å². The number of aryl methyl sites for hydroxylation is 2. The lowest BCUT2D eigenvalue weighted by Gasteiger charge is -2.18.